The molecule has 0 heterocycles. The molecule has 8 bridgehead atoms. The summed E-state index contributed by atoms with van der Waals surface area (Å²) < 4.78 is 0. The van der Waals surface area contributed by atoms with Crippen molar-refractivity contribution in [2.45, 2.75) is 192 Å². The summed E-state index contributed by atoms with van der Waals surface area (Å²) in [4.78, 5) is 0. The SMILES string of the molecule is C[Si]C.Cc1cc(-c2ccc(C34CC5CC(CC(C5)C3)C4)cc2)c2cc(CC3CCCCC3)[cH-]c2c1.Cc1cc(-c2ccc(C34CC5CC(CC(C5)C3)C4)cc2)c2cc(CC3CCCCC3)[cH-]c2c1.[Cl][Zr+2][Cl]. The van der Waals surface area contributed by atoms with Gasteiger partial charge in [-0.05, 0) is 184 Å². The summed E-state index contributed by atoms with van der Waals surface area (Å²) >= 11 is -0.826. The van der Waals surface area contributed by atoms with Gasteiger partial charge in [0.25, 0.3) is 0 Å². The zero-order valence-electron chi connectivity index (χ0n) is 44.6. The van der Waals surface area contributed by atoms with Crippen molar-refractivity contribution in [3.8, 4) is 22.3 Å². The molecule has 10 aliphatic carbocycles. The normalized spacial score (nSPS) is 29.2. The molecule has 10 aliphatic rings. The number of benzene rings is 4. The minimum atomic E-state index is -0.826. The third-order valence-electron chi connectivity index (χ3n) is 20.2. The van der Waals surface area contributed by atoms with E-state index in [0.717, 1.165) is 56.9 Å². The van der Waals surface area contributed by atoms with Crippen LogP contribution >= 0.6 is 17.0 Å². The summed E-state index contributed by atoms with van der Waals surface area (Å²) in [7, 11) is 11.0. The first-order chi connectivity index (χ1) is 35.1. The number of halogens is 2. The molecule has 0 saturated heterocycles. The van der Waals surface area contributed by atoms with Crippen molar-refractivity contribution < 1.29 is 20.8 Å². The summed E-state index contributed by atoms with van der Waals surface area (Å²) in [6.07, 6.45) is 34.8. The van der Waals surface area contributed by atoms with Crippen molar-refractivity contribution in [3.63, 3.8) is 0 Å². The van der Waals surface area contributed by atoms with Crippen molar-refractivity contribution in [3.05, 3.63) is 130 Å². The maximum absolute atomic E-state index is 4.93. The van der Waals surface area contributed by atoms with Crippen LogP contribution in [-0.2, 0) is 44.5 Å². The standard InChI is InChI=1S/2C33H39.C2H6Si.2ClH.Zr/c2*1-22-11-29-17-24(13-23-5-3-2-4-6-23)18-32(29)31(12-22)28-7-9-30(10-8-28)33-19-25-14-26(20-33)16-27(15-25)21-33;1-3-2;;;/h2*7-12,17-18,23,25-27H,2-6,13-16,19-21H2,1H3;1-2H3;2*1H;/q2*-1;;;;+4/p-2. The van der Waals surface area contributed by atoms with E-state index in [1.165, 1.54) is 209 Å². The van der Waals surface area contributed by atoms with E-state index in [4.69, 9.17) is 17.0 Å². The van der Waals surface area contributed by atoms with Gasteiger partial charge in [-0.15, -0.1) is 56.9 Å². The van der Waals surface area contributed by atoms with Crippen LogP contribution in [0, 0.1) is 61.2 Å². The summed E-state index contributed by atoms with van der Waals surface area (Å²) in [6.45, 7) is 8.83. The van der Waals surface area contributed by atoms with Gasteiger partial charge in [0.1, 0.15) is 0 Å². The van der Waals surface area contributed by atoms with Gasteiger partial charge in [-0.2, -0.15) is 12.1 Å². The molecule has 0 aromatic heterocycles. The Labute approximate surface area is 457 Å². The van der Waals surface area contributed by atoms with E-state index in [9.17, 15) is 0 Å². The van der Waals surface area contributed by atoms with E-state index in [-0.39, 0.29) is 0 Å². The molecule has 0 unspecified atom stereocenters. The van der Waals surface area contributed by atoms with Gasteiger partial charge in [-0.25, -0.2) is 0 Å². The molecule has 0 spiro atoms. The van der Waals surface area contributed by atoms with Crippen LogP contribution in [-0.4, -0.2) is 9.52 Å². The molecule has 0 atom stereocenters. The first-order valence-corrected chi connectivity index (χ1v) is 37.6. The van der Waals surface area contributed by atoms with Crippen LogP contribution in [0.4, 0.5) is 0 Å². The molecule has 72 heavy (non-hydrogen) atoms. The zero-order chi connectivity index (χ0) is 49.4. The average molecular weight is 1090 g/mol. The van der Waals surface area contributed by atoms with E-state index in [1.54, 1.807) is 22.3 Å². The predicted molar refractivity (Wildman–Crippen MR) is 309 cm³/mol. The van der Waals surface area contributed by atoms with Crippen molar-refractivity contribution in [1.82, 2.24) is 0 Å². The number of hydrogen-bond acceptors (Lipinski definition) is 0. The van der Waals surface area contributed by atoms with Crippen LogP contribution in [0.25, 0.3) is 43.8 Å². The molecule has 0 amide bonds. The quantitative estimate of drug-likeness (QED) is 0.105. The summed E-state index contributed by atoms with van der Waals surface area (Å²) in [5.41, 5.74) is 15.9. The van der Waals surface area contributed by atoms with Gasteiger partial charge >= 0.3 is 37.9 Å². The van der Waals surface area contributed by atoms with Gasteiger partial charge in [0.15, 0.2) is 0 Å². The molecule has 2 radical (unpaired) electrons. The molecular weight excluding hydrogens is 1010 g/mol. The number of aryl methyl sites for hydroxylation is 2. The number of fused-ring (bicyclic) bond motifs is 2. The van der Waals surface area contributed by atoms with Crippen LogP contribution in [0.3, 0.4) is 0 Å². The molecule has 10 fully saturated rings. The fraction of sp³-hybridized carbons (Fsp3) is 0.559. The topological polar surface area (TPSA) is 0 Å². The van der Waals surface area contributed by atoms with Crippen molar-refractivity contribution in [1.29, 1.82) is 0 Å². The third-order valence-corrected chi connectivity index (χ3v) is 20.2. The molecule has 6 aromatic rings. The molecule has 378 valence electrons. The first kappa shape index (κ1) is 51.9. The Morgan fingerprint density at radius 1 is 0.472 bits per heavy atom. The van der Waals surface area contributed by atoms with Gasteiger partial charge in [0, 0.05) is 9.52 Å². The van der Waals surface area contributed by atoms with E-state index < -0.39 is 20.8 Å². The molecule has 16 rings (SSSR count). The molecule has 10 saturated carbocycles. The molecule has 6 aromatic carbocycles. The second-order valence-corrected chi connectivity index (χ2v) is 30.6. The van der Waals surface area contributed by atoms with Crippen LogP contribution in [0.15, 0.2) is 97.1 Å². The summed E-state index contributed by atoms with van der Waals surface area (Å²) in [6, 6.07) is 39.5. The van der Waals surface area contributed by atoms with E-state index >= 15 is 0 Å². The van der Waals surface area contributed by atoms with Gasteiger partial charge in [-0.3, -0.25) is 0 Å². The van der Waals surface area contributed by atoms with Crippen molar-refractivity contribution in [2.24, 2.45) is 47.3 Å². The van der Waals surface area contributed by atoms with Crippen LogP contribution in [0.5, 0.6) is 0 Å². The predicted octanol–water partition coefficient (Wildman–Crippen LogP) is 20.4. The fourth-order valence-electron chi connectivity index (χ4n) is 18.2. The van der Waals surface area contributed by atoms with Gasteiger partial charge in [-0.1, -0.05) is 160 Å². The maximum atomic E-state index is 4.93. The van der Waals surface area contributed by atoms with E-state index in [1.807, 2.05) is 0 Å². The van der Waals surface area contributed by atoms with Gasteiger partial charge in [0.2, 0.25) is 0 Å². The van der Waals surface area contributed by atoms with Crippen LogP contribution in [0.2, 0.25) is 13.1 Å². The van der Waals surface area contributed by atoms with E-state index in [0.29, 0.717) is 10.8 Å². The average Bonchev–Trinajstić information content (AvgIpc) is 3.97. The second-order valence-electron chi connectivity index (χ2n) is 25.9. The van der Waals surface area contributed by atoms with Gasteiger partial charge < -0.3 is 0 Å². The molecular formula is C68H84Cl2SiZr. The number of hydrogen-bond donors (Lipinski definition) is 0. The Bertz CT molecular complexity index is 2480. The Hall–Kier alpha value is -2.22. The number of rotatable bonds is 8. The second kappa shape index (κ2) is 22.8. The Morgan fingerprint density at radius 2 is 0.778 bits per heavy atom. The van der Waals surface area contributed by atoms with Crippen molar-refractivity contribution in [2.75, 3.05) is 0 Å². The van der Waals surface area contributed by atoms with Gasteiger partial charge in [0.05, 0.1) is 0 Å². The fourth-order valence-corrected chi connectivity index (χ4v) is 18.2. The van der Waals surface area contributed by atoms with Crippen molar-refractivity contribution >= 4 is 48.1 Å². The summed E-state index contributed by atoms with van der Waals surface area (Å²) in [5, 5.41) is 5.82. The minimum absolute atomic E-state index is 0.503. The monoisotopic (exact) mass is 1090 g/mol. The Kier molecular flexibility index (Phi) is 16.4. The molecule has 0 N–H and O–H groups in total. The Balaban J connectivity index is 0.000000141. The van der Waals surface area contributed by atoms with Crippen LogP contribution in [0.1, 0.15) is 175 Å². The first-order valence-electron chi connectivity index (χ1n) is 29.3. The van der Waals surface area contributed by atoms with E-state index in [2.05, 4.69) is 124 Å². The summed E-state index contributed by atoms with van der Waals surface area (Å²) in [5.74, 6) is 7.88. The Morgan fingerprint density at radius 3 is 1.08 bits per heavy atom. The molecule has 0 nitrogen and oxygen atoms in total. The zero-order valence-corrected chi connectivity index (χ0v) is 49.6. The molecule has 0 aliphatic heterocycles. The molecule has 4 heteroatoms. The van der Waals surface area contributed by atoms with Crippen LogP contribution < -0.4 is 0 Å². The third kappa shape index (κ3) is 11.3.